The van der Waals surface area contributed by atoms with Gasteiger partial charge in [-0.2, -0.15) is 0 Å². The van der Waals surface area contributed by atoms with Gasteiger partial charge >= 0.3 is 18.3 Å². The first-order valence-corrected chi connectivity index (χ1v) is 41.7. The summed E-state index contributed by atoms with van der Waals surface area (Å²) in [6, 6.07) is 26.5. The number of hydrogen-bond acceptors (Lipinski definition) is 16. The van der Waals surface area contributed by atoms with Gasteiger partial charge in [-0.3, -0.25) is 29.8 Å². The molecule has 105 heavy (non-hydrogen) atoms. The van der Waals surface area contributed by atoms with Crippen LogP contribution in [0.2, 0.25) is 36.3 Å². The van der Waals surface area contributed by atoms with E-state index in [1.807, 2.05) is 50.5 Å². The Balaban J connectivity index is 0.944. The van der Waals surface area contributed by atoms with Gasteiger partial charge in [0.25, 0.3) is 11.8 Å². The summed E-state index contributed by atoms with van der Waals surface area (Å²) < 4.78 is 54.6. The van der Waals surface area contributed by atoms with Crippen LogP contribution in [-0.4, -0.2) is 146 Å². The Kier molecular flexibility index (Phi) is 27.5. The fourth-order valence-electron chi connectivity index (χ4n) is 11.9. The highest BCUT2D eigenvalue weighted by molar-refractivity contribution is 6.74. The van der Waals surface area contributed by atoms with Crippen molar-refractivity contribution < 1.29 is 75.6 Å². The van der Waals surface area contributed by atoms with Crippen molar-refractivity contribution in [3.05, 3.63) is 161 Å². The molecule has 8 rings (SSSR count). The smallest absolute Gasteiger partial charge is 0.411 e. The number of nitrogens with one attached hydrogen (secondary N) is 5. The summed E-state index contributed by atoms with van der Waals surface area (Å²) >= 11 is 0. The zero-order chi connectivity index (χ0) is 76.7. The fourth-order valence-corrected chi connectivity index (χ4v) is 14.0. The second-order valence-electron chi connectivity index (χ2n) is 30.4. The Morgan fingerprint density at radius 1 is 0.562 bits per heavy atom. The van der Waals surface area contributed by atoms with Gasteiger partial charge in [-0.05, 0) is 147 Å². The van der Waals surface area contributed by atoms with Crippen molar-refractivity contribution in [1.29, 1.82) is 0 Å². The number of anilines is 3. The maximum Gasteiger partial charge on any atom is 0.411 e. The average molecular weight is 1480 g/mol. The Hall–Kier alpha value is -9.44. The topological polar surface area (TPSA) is 269 Å². The van der Waals surface area contributed by atoms with Crippen LogP contribution in [0.25, 0.3) is 11.1 Å². The van der Waals surface area contributed by atoms with E-state index in [1.165, 1.54) is 27.2 Å². The summed E-state index contributed by atoms with van der Waals surface area (Å²) in [5.41, 5.74) is 7.86. The molecular formula is C80H107N7O16Si2. The minimum Gasteiger partial charge on any atom is -0.493 e. The van der Waals surface area contributed by atoms with Crippen LogP contribution in [0.15, 0.2) is 133 Å². The van der Waals surface area contributed by atoms with Crippen molar-refractivity contribution in [1.82, 2.24) is 20.4 Å². The molecule has 0 aromatic heterocycles. The lowest BCUT2D eigenvalue weighted by Gasteiger charge is -2.38. The largest absolute Gasteiger partial charge is 0.493 e. The molecule has 0 radical (unpaired) electrons. The molecule has 5 aromatic rings. The minimum absolute atomic E-state index is 0.0352. The second-order valence-corrected chi connectivity index (χ2v) is 40.0. The first-order chi connectivity index (χ1) is 49.6. The summed E-state index contributed by atoms with van der Waals surface area (Å²) in [6.45, 7) is 35.1. The molecule has 2 aliphatic heterocycles. The molecular weight excluding hydrogens is 1370 g/mol. The van der Waals surface area contributed by atoms with Crippen LogP contribution < -0.4 is 45.5 Å². The minimum atomic E-state index is -2.22. The van der Waals surface area contributed by atoms with Crippen LogP contribution in [0.4, 0.5) is 31.4 Å². The molecule has 23 nitrogen and oxygen atoms in total. The SMILES string of the molecule is C=CCOC(=O)N[C@H](C(=O)N[C@@H](C)C(=O)Nc1ccc(COC(=O)Nc2cc(OCCCCCOc3cc(NC(=O)OCC4c5ccccc5-c5ccccc54)c(C(=O)N4C=C(C)C[C@H]4CO[Si](C)(C)C(C)(C)C)cc3OC)c(OC)cc2C(=O)N2C=C(C)C[C@H]2CO[Si](C)(C)C(C)(C)C)cc1)C(C)C. The number of methoxy groups -OCH3 is 2. The highest BCUT2D eigenvalue weighted by atomic mass is 28.4. The standard InChI is InChI=1S/C80H107N7O16Si2/c1-19-35-99-78(94)85-71(50(2)3)73(89)81-53(6)72(88)82-55-33-31-54(32-34-55)46-100-76(92)83-65-42-69(67(95-13)40-62(65)74(90)86-44-51(4)38-56(86)47-102-104(15,16)79(7,8)9)97-36-25-20-26-37-98-70-43-66(84-77(93)101-49-64-60-29-23-21-27-58(60)59-28-22-24-30-61(59)64)63(41-68(70)96-14)75(91)87-45-52(5)39-57(87)48-103-105(17,18)80(10,11)12/h19,21-24,27-34,40-45,50,53,56-57,64,71H,1,20,25-26,35-39,46-49H2,2-18H3,(H,81,89)(H,82,88)(H,83,92)(H,84,93)(H,85,94)/t53-,56-,57-,71-/m0/s1. The van der Waals surface area contributed by atoms with Crippen LogP contribution in [0.1, 0.15) is 152 Å². The number of rotatable bonds is 32. The van der Waals surface area contributed by atoms with Gasteiger partial charge in [0.05, 0.1) is 75.2 Å². The van der Waals surface area contributed by atoms with Gasteiger partial charge in [0.15, 0.2) is 39.6 Å². The van der Waals surface area contributed by atoms with Gasteiger partial charge in [0.2, 0.25) is 11.8 Å². The van der Waals surface area contributed by atoms with Crippen molar-refractivity contribution in [3.8, 4) is 34.1 Å². The van der Waals surface area contributed by atoms with Gasteiger partial charge in [0, 0.05) is 36.1 Å². The van der Waals surface area contributed by atoms with Crippen molar-refractivity contribution in [2.24, 2.45) is 5.92 Å². The number of benzene rings is 5. The molecule has 25 heteroatoms. The Bertz CT molecular complexity index is 3980. The molecule has 7 amide bonds. The van der Waals surface area contributed by atoms with Gasteiger partial charge < -0.3 is 67.8 Å². The molecule has 5 N–H and O–H groups in total. The first-order valence-electron chi connectivity index (χ1n) is 35.9. The van der Waals surface area contributed by atoms with E-state index >= 15 is 0 Å². The van der Waals surface area contributed by atoms with Crippen molar-refractivity contribution >= 4 is 75.6 Å². The summed E-state index contributed by atoms with van der Waals surface area (Å²) in [4.78, 5) is 99.8. The van der Waals surface area contributed by atoms with Crippen molar-refractivity contribution in [2.75, 3.05) is 69.8 Å². The molecule has 566 valence electrons. The molecule has 5 aromatic carbocycles. The molecule has 4 atom stereocenters. The molecule has 1 aliphatic carbocycles. The second kappa shape index (κ2) is 35.6. The number of carbonyl (C=O) groups is 7. The molecule has 0 bridgehead atoms. The summed E-state index contributed by atoms with van der Waals surface area (Å²) in [5.74, 6) is -1.28. The number of nitrogens with zero attached hydrogens (tertiary/aromatic N) is 2. The Morgan fingerprint density at radius 2 is 1.03 bits per heavy atom. The number of unbranched alkanes of at least 4 members (excludes halogenated alkanes) is 2. The lowest BCUT2D eigenvalue weighted by atomic mass is 9.98. The van der Waals surface area contributed by atoms with Crippen LogP contribution in [0.5, 0.6) is 23.0 Å². The quantitative estimate of drug-likeness (QED) is 0.0116. The molecule has 0 unspecified atom stereocenters. The average Bonchev–Trinajstić information content (AvgIpc) is 1.74. The monoisotopic (exact) mass is 1480 g/mol. The molecule has 0 saturated carbocycles. The van der Waals surface area contributed by atoms with Gasteiger partial charge in [0.1, 0.15) is 31.9 Å². The number of amides is 7. The van der Waals surface area contributed by atoms with E-state index in [-0.39, 0.29) is 113 Å². The normalized spacial score (nSPS) is 15.6. The predicted molar refractivity (Wildman–Crippen MR) is 412 cm³/mol. The maximum absolute atomic E-state index is 15.0. The number of hydrogen-bond donors (Lipinski definition) is 5. The highest BCUT2D eigenvalue weighted by Gasteiger charge is 2.42. The lowest BCUT2D eigenvalue weighted by molar-refractivity contribution is -0.128. The van der Waals surface area contributed by atoms with Crippen LogP contribution in [0, 0.1) is 5.92 Å². The molecule has 0 fully saturated rings. The third-order valence-corrected chi connectivity index (χ3v) is 29.1. The van der Waals surface area contributed by atoms with Gasteiger partial charge in [-0.25, -0.2) is 14.4 Å². The van der Waals surface area contributed by atoms with Gasteiger partial charge in [-0.1, -0.05) is 140 Å². The van der Waals surface area contributed by atoms with E-state index in [0.29, 0.717) is 62.3 Å². The van der Waals surface area contributed by atoms with Crippen LogP contribution in [0.3, 0.4) is 0 Å². The summed E-state index contributed by atoms with van der Waals surface area (Å²) in [7, 11) is -1.45. The van der Waals surface area contributed by atoms with Crippen LogP contribution in [-0.2, 0) is 39.3 Å². The zero-order valence-electron chi connectivity index (χ0n) is 64.1. The predicted octanol–water partition coefficient (Wildman–Crippen LogP) is 16.1. The number of carbonyl (C=O) groups excluding carboxylic acids is 7. The van der Waals surface area contributed by atoms with E-state index in [4.69, 9.17) is 42.0 Å². The molecule has 3 aliphatic rings. The van der Waals surface area contributed by atoms with E-state index in [9.17, 15) is 33.6 Å². The number of ether oxygens (including phenoxy) is 7. The molecule has 0 spiro atoms. The lowest BCUT2D eigenvalue weighted by Crippen LogP contribution is -2.53. The molecule has 0 saturated heterocycles. The van der Waals surface area contributed by atoms with E-state index < -0.39 is 64.7 Å². The Labute approximate surface area is 620 Å². The summed E-state index contributed by atoms with van der Waals surface area (Å²) in [5, 5.41) is 13.5. The maximum atomic E-state index is 15.0. The summed E-state index contributed by atoms with van der Waals surface area (Å²) in [6.07, 6.45) is 5.58. The van der Waals surface area contributed by atoms with Crippen molar-refractivity contribution in [3.63, 3.8) is 0 Å². The van der Waals surface area contributed by atoms with E-state index in [0.717, 1.165) is 33.4 Å². The third-order valence-electron chi connectivity index (χ3n) is 20.1. The zero-order valence-corrected chi connectivity index (χ0v) is 66.1. The van der Waals surface area contributed by atoms with E-state index in [2.05, 4.69) is 125 Å². The van der Waals surface area contributed by atoms with E-state index in [1.54, 1.807) is 72.2 Å². The number of fused-ring (bicyclic) bond motifs is 3. The highest BCUT2D eigenvalue weighted by Crippen LogP contribution is 2.46. The number of alkyl carbamates (subject to hydrolysis) is 1. The van der Waals surface area contributed by atoms with Crippen LogP contribution >= 0.6 is 0 Å². The fraction of sp³-hybridized carbons (Fsp3) is 0.463. The Morgan fingerprint density at radius 3 is 1.48 bits per heavy atom. The van der Waals surface area contributed by atoms with Crippen molar-refractivity contribution in [2.45, 2.75) is 181 Å². The first kappa shape index (κ1) is 81.2. The van der Waals surface area contributed by atoms with Gasteiger partial charge in [-0.15, -0.1) is 0 Å². The molecule has 2 heterocycles. The third kappa shape index (κ3) is 21.0.